The highest BCUT2D eigenvalue weighted by Crippen LogP contribution is 2.19. The Bertz CT molecular complexity index is 377. The molecule has 0 aromatic heterocycles. The summed E-state index contributed by atoms with van der Waals surface area (Å²) in [5.41, 5.74) is 7.35. The van der Waals surface area contributed by atoms with Crippen molar-refractivity contribution in [1.82, 2.24) is 0 Å². The van der Waals surface area contributed by atoms with Gasteiger partial charge in [-0.3, -0.25) is 4.79 Å². The summed E-state index contributed by atoms with van der Waals surface area (Å²) in [5.74, 6) is -0.0114. The molecule has 0 spiro atoms. The Morgan fingerprint density at radius 3 is 2.81 bits per heavy atom. The lowest BCUT2D eigenvalue weighted by Gasteiger charge is -2.09. The van der Waals surface area contributed by atoms with Gasteiger partial charge in [-0.15, -0.1) is 0 Å². The maximum atomic E-state index is 11.6. The molecule has 1 unspecified atom stereocenters. The van der Waals surface area contributed by atoms with Gasteiger partial charge in [0.05, 0.1) is 0 Å². The predicted molar refractivity (Wildman–Crippen MR) is 67.7 cm³/mol. The monoisotopic (exact) mass is 240 g/mol. The molecule has 0 saturated carbocycles. The second-order valence-electron chi connectivity index (χ2n) is 4.02. The molecule has 0 aliphatic rings. The van der Waals surface area contributed by atoms with Gasteiger partial charge < -0.3 is 11.1 Å². The molecule has 1 aromatic carbocycles. The third-order valence-corrected chi connectivity index (χ3v) is 2.52. The van der Waals surface area contributed by atoms with E-state index >= 15 is 0 Å². The van der Waals surface area contributed by atoms with Crippen molar-refractivity contribution in [3.8, 4) is 0 Å². The second kappa shape index (κ2) is 5.87. The van der Waals surface area contributed by atoms with Crippen molar-refractivity contribution in [3.63, 3.8) is 0 Å². The van der Waals surface area contributed by atoms with E-state index in [1.807, 2.05) is 19.9 Å². The Hall–Kier alpha value is -1.06. The number of benzene rings is 1. The standard InChI is InChI=1S/C12H17ClN2O/c1-8-7-10(13)4-5-11(8)15-12(16)6-3-9(2)14/h4-5,7,9H,3,6,14H2,1-2H3,(H,15,16). The highest BCUT2D eigenvalue weighted by Gasteiger charge is 2.06. The quantitative estimate of drug-likeness (QED) is 0.850. The van der Waals surface area contributed by atoms with Crippen LogP contribution < -0.4 is 11.1 Å². The van der Waals surface area contributed by atoms with Crippen LogP contribution in [0.5, 0.6) is 0 Å². The maximum absolute atomic E-state index is 11.6. The van der Waals surface area contributed by atoms with E-state index in [-0.39, 0.29) is 11.9 Å². The minimum Gasteiger partial charge on any atom is -0.328 e. The summed E-state index contributed by atoms with van der Waals surface area (Å²) >= 11 is 5.83. The van der Waals surface area contributed by atoms with Crippen LogP contribution in [0.2, 0.25) is 5.02 Å². The lowest BCUT2D eigenvalue weighted by Crippen LogP contribution is -2.19. The fraction of sp³-hybridized carbons (Fsp3) is 0.417. The molecule has 16 heavy (non-hydrogen) atoms. The van der Waals surface area contributed by atoms with Crippen molar-refractivity contribution >= 4 is 23.2 Å². The summed E-state index contributed by atoms with van der Waals surface area (Å²) in [6.45, 7) is 3.80. The van der Waals surface area contributed by atoms with Gasteiger partial charge >= 0.3 is 0 Å². The van der Waals surface area contributed by atoms with Crippen molar-refractivity contribution in [2.75, 3.05) is 5.32 Å². The SMILES string of the molecule is Cc1cc(Cl)ccc1NC(=O)CCC(C)N. The first-order chi connectivity index (χ1) is 7.49. The first-order valence-corrected chi connectivity index (χ1v) is 5.68. The van der Waals surface area contributed by atoms with Crippen LogP contribution in [0.25, 0.3) is 0 Å². The number of carbonyl (C=O) groups is 1. The fourth-order valence-corrected chi connectivity index (χ4v) is 1.57. The number of halogens is 1. The molecule has 0 fully saturated rings. The molecule has 0 radical (unpaired) electrons. The summed E-state index contributed by atoms with van der Waals surface area (Å²) in [5, 5.41) is 3.51. The molecular formula is C12H17ClN2O. The van der Waals surface area contributed by atoms with E-state index in [9.17, 15) is 4.79 Å². The van der Waals surface area contributed by atoms with Crippen LogP contribution in [0.4, 0.5) is 5.69 Å². The highest BCUT2D eigenvalue weighted by molar-refractivity contribution is 6.30. The lowest BCUT2D eigenvalue weighted by atomic mass is 10.1. The van der Waals surface area contributed by atoms with Gasteiger partial charge in [0.1, 0.15) is 0 Å². The maximum Gasteiger partial charge on any atom is 0.224 e. The number of amides is 1. The molecular weight excluding hydrogens is 224 g/mol. The normalized spacial score (nSPS) is 12.2. The van der Waals surface area contributed by atoms with Crippen LogP contribution in [-0.4, -0.2) is 11.9 Å². The third kappa shape index (κ3) is 4.21. The summed E-state index contributed by atoms with van der Waals surface area (Å²) in [7, 11) is 0. The fourth-order valence-electron chi connectivity index (χ4n) is 1.34. The van der Waals surface area contributed by atoms with E-state index < -0.39 is 0 Å². The van der Waals surface area contributed by atoms with Gasteiger partial charge in [0, 0.05) is 23.2 Å². The molecule has 0 bridgehead atoms. The molecule has 1 amide bonds. The van der Waals surface area contributed by atoms with Gasteiger partial charge in [0.25, 0.3) is 0 Å². The van der Waals surface area contributed by atoms with Crippen LogP contribution in [0.15, 0.2) is 18.2 Å². The number of anilines is 1. The number of nitrogens with two attached hydrogens (primary N) is 1. The Morgan fingerprint density at radius 1 is 1.56 bits per heavy atom. The highest BCUT2D eigenvalue weighted by atomic mass is 35.5. The van der Waals surface area contributed by atoms with E-state index in [1.165, 1.54) is 0 Å². The summed E-state index contributed by atoms with van der Waals surface area (Å²) in [6, 6.07) is 5.44. The number of hydrogen-bond acceptors (Lipinski definition) is 2. The molecule has 4 heteroatoms. The Labute approximate surface area is 101 Å². The minimum atomic E-state index is -0.0114. The molecule has 1 atom stereocenters. The Balaban J connectivity index is 2.56. The zero-order chi connectivity index (χ0) is 12.1. The van der Waals surface area contributed by atoms with Crippen molar-refractivity contribution in [1.29, 1.82) is 0 Å². The minimum absolute atomic E-state index is 0.0114. The van der Waals surface area contributed by atoms with E-state index in [1.54, 1.807) is 12.1 Å². The first-order valence-electron chi connectivity index (χ1n) is 5.30. The topological polar surface area (TPSA) is 55.1 Å². The number of carbonyl (C=O) groups excluding carboxylic acids is 1. The molecule has 1 aromatic rings. The molecule has 1 rings (SSSR count). The predicted octanol–water partition coefficient (Wildman–Crippen LogP) is 2.71. The van der Waals surface area contributed by atoms with Gasteiger partial charge in [0.15, 0.2) is 0 Å². The zero-order valence-electron chi connectivity index (χ0n) is 9.59. The number of aryl methyl sites for hydroxylation is 1. The number of nitrogens with one attached hydrogen (secondary N) is 1. The van der Waals surface area contributed by atoms with Crippen molar-refractivity contribution < 1.29 is 4.79 Å². The molecule has 0 saturated heterocycles. The summed E-state index contributed by atoms with van der Waals surface area (Å²) in [6.07, 6.45) is 1.14. The van der Waals surface area contributed by atoms with Crippen molar-refractivity contribution in [2.45, 2.75) is 32.7 Å². The van der Waals surface area contributed by atoms with E-state index in [4.69, 9.17) is 17.3 Å². The van der Waals surface area contributed by atoms with Gasteiger partial charge in [0.2, 0.25) is 5.91 Å². The smallest absolute Gasteiger partial charge is 0.224 e. The Morgan fingerprint density at radius 2 is 2.25 bits per heavy atom. The summed E-state index contributed by atoms with van der Waals surface area (Å²) in [4.78, 5) is 11.6. The molecule has 3 N–H and O–H groups in total. The summed E-state index contributed by atoms with van der Waals surface area (Å²) < 4.78 is 0. The van der Waals surface area contributed by atoms with Crippen LogP contribution >= 0.6 is 11.6 Å². The average molecular weight is 241 g/mol. The van der Waals surface area contributed by atoms with Gasteiger partial charge in [-0.1, -0.05) is 11.6 Å². The average Bonchev–Trinajstić information content (AvgIpc) is 2.19. The van der Waals surface area contributed by atoms with Crippen LogP contribution in [0.1, 0.15) is 25.3 Å². The zero-order valence-corrected chi connectivity index (χ0v) is 10.3. The number of rotatable bonds is 4. The second-order valence-corrected chi connectivity index (χ2v) is 4.46. The molecule has 3 nitrogen and oxygen atoms in total. The largest absolute Gasteiger partial charge is 0.328 e. The molecule has 0 heterocycles. The van der Waals surface area contributed by atoms with Gasteiger partial charge in [-0.05, 0) is 44.0 Å². The first kappa shape index (κ1) is 13.0. The van der Waals surface area contributed by atoms with Gasteiger partial charge in [-0.2, -0.15) is 0 Å². The molecule has 88 valence electrons. The van der Waals surface area contributed by atoms with Crippen LogP contribution in [-0.2, 0) is 4.79 Å². The van der Waals surface area contributed by atoms with Crippen molar-refractivity contribution in [3.05, 3.63) is 28.8 Å². The van der Waals surface area contributed by atoms with Gasteiger partial charge in [-0.25, -0.2) is 0 Å². The lowest BCUT2D eigenvalue weighted by molar-refractivity contribution is -0.116. The Kier molecular flexibility index (Phi) is 4.77. The third-order valence-electron chi connectivity index (χ3n) is 2.29. The molecule has 0 aliphatic heterocycles. The van der Waals surface area contributed by atoms with Crippen LogP contribution in [0, 0.1) is 6.92 Å². The van der Waals surface area contributed by atoms with E-state index in [2.05, 4.69) is 5.32 Å². The van der Waals surface area contributed by atoms with E-state index in [0.717, 1.165) is 11.3 Å². The van der Waals surface area contributed by atoms with Crippen molar-refractivity contribution in [2.24, 2.45) is 5.73 Å². The van der Waals surface area contributed by atoms with Crippen LogP contribution in [0.3, 0.4) is 0 Å². The molecule has 0 aliphatic carbocycles. The van der Waals surface area contributed by atoms with E-state index in [0.29, 0.717) is 17.9 Å². The number of hydrogen-bond donors (Lipinski definition) is 2.